The van der Waals surface area contributed by atoms with Crippen LogP contribution in [0.15, 0.2) is 72.9 Å². The Kier molecular flexibility index (Phi) is 6.74. The van der Waals surface area contributed by atoms with Gasteiger partial charge in [-0.2, -0.15) is 0 Å². The molecular weight excluding hydrogens is 398 g/mol. The third-order valence-corrected chi connectivity index (χ3v) is 6.12. The lowest BCUT2D eigenvalue weighted by Gasteiger charge is -2.38. The molecular formula is C27H31N3O2. The third-order valence-electron chi connectivity index (χ3n) is 6.12. The Bertz CT molecular complexity index is 1060. The maximum Gasteiger partial charge on any atom is 0.243 e. The number of carbonyl (C=O) groups excluding carboxylic acids is 2. The molecule has 0 fully saturated rings. The van der Waals surface area contributed by atoms with Gasteiger partial charge in [0, 0.05) is 31.5 Å². The topological polar surface area (TPSA) is 45.6 Å². The molecule has 2 amide bonds. The molecule has 1 atom stereocenters. The Morgan fingerprint density at radius 2 is 1.72 bits per heavy atom. The predicted octanol–water partition coefficient (Wildman–Crippen LogP) is 4.21. The fourth-order valence-electron chi connectivity index (χ4n) is 4.45. The van der Waals surface area contributed by atoms with Gasteiger partial charge in [0.25, 0.3) is 0 Å². The van der Waals surface area contributed by atoms with Gasteiger partial charge in [0.2, 0.25) is 11.8 Å². The van der Waals surface area contributed by atoms with Crippen LogP contribution in [-0.4, -0.2) is 45.8 Å². The average Bonchev–Trinajstić information content (AvgIpc) is 3.28. The van der Waals surface area contributed by atoms with Crippen molar-refractivity contribution in [1.82, 2.24) is 14.4 Å². The highest BCUT2D eigenvalue weighted by Gasteiger charge is 2.33. The maximum absolute atomic E-state index is 13.5. The summed E-state index contributed by atoms with van der Waals surface area (Å²) in [6.07, 6.45) is 3.21. The second-order valence-corrected chi connectivity index (χ2v) is 8.50. The summed E-state index contributed by atoms with van der Waals surface area (Å²) in [6.45, 7) is 6.20. The SMILES string of the molecule is CCCN(CC(=O)N1CCn2cccc2C1c1ccc(C)cc1)C(=O)Cc1ccccc1. The number of hydrogen-bond acceptors (Lipinski definition) is 2. The van der Waals surface area contributed by atoms with Gasteiger partial charge in [-0.25, -0.2) is 0 Å². The molecule has 0 saturated heterocycles. The summed E-state index contributed by atoms with van der Waals surface area (Å²) in [7, 11) is 0. The van der Waals surface area contributed by atoms with Gasteiger partial charge in [-0.3, -0.25) is 9.59 Å². The minimum atomic E-state index is -0.139. The van der Waals surface area contributed by atoms with Crippen LogP contribution in [0.1, 0.15) is 41.8 Å². The van der Waals surface area contributed by atoms with Gasteiger partial charge < -0.3 is 14.4 Å². The van der Waals surface area contributed by atoms with Crippen LogP contribution in [0.5, 0.6) is 0 Å². The summed E-state index contributed by atoms with van der Waals surface area (Å²) < 4.78 is 2.22. The standard InChI is InChI=1S/C27H31N3O2/c1-3-15-29(25(31)19-22-8-5-4-6-9-22)20-26(32)30-18-17-28-16-7-10-24(28)27(30)23-13-11-21(2)12-14-23/h4-14,16,27H,3,15,17-20H2,1-2H3. The molecule has 0 radical (unpaired) electrons. The van der Waals surface area contributed by atoms with Gasteiger partial charge in [-0.15, -0.1) is 0 Å². The molecule has 0 saturated carbocycles. The van der Waals surface area contributed by atoms with Crippen molar-refractivity contribution in [1.29, 1.82) is 0 Å². The summed E-state index contributed by atoms with van der Waals surface area (Å²) in [5, 5.41) is 0. The van der Waals surface area contributed by atoms with Crippen molar-refractivity contribution in [2.45, 2.75) is 39.3 Å². The quantitative estimate of drug-likeness (QED) is 0.565. The highest BCUT2D eigenvalue weighted by Crippen LogP contribution is 2.32. The van der Waals surface area contributed by atoms with Gasteiger partial charge in [-0.05, 0) is 36.6 Å². The van der Waals surface area contributed by atoms with E-state index in [0.717, 1.165) is 29.8 Å². The molecule has 0 bridgehead atoms. The molecule has 0 aliphatic carbocycles. The van der Waals surface area contributed by atoms with Gasteiger partial charge in [-0.1, -0.05) is 67.1 Å². The van der Waals surface area contributed by atoms with Crippen LogP contribution in [0.4, 0.5) is 0 Å². The predicted molar refractivity (Wildman–Crippen MR) is 126 cm³/mol. The van der Waals surface area contributed by atoms with Crippen molar-refractivity contribution in [2.75, 3.05) is 19.6 Å². The van der Waals surface area contributed by atoms with Crippen LogP contribution in [0, 0.1) is 6.92 Å². The largest absolute Gasteiger partial charge is 0.348 e. The van der Waals surface area contributed by atoms with E-state index in [-0.39, 0.29) is 24.4 Å². The maximum atomic E-state index is 13.5. The molecule has 2 heterocycles. The minimum absolute atomic E-state index is 0.00123. The molecule has 4 rings (SSSR count). The molecule has 5 nitrogen and oxygen atoms in total. The van der Waals surface area contributed by atoms with Crippen LogP contribution >= 0.6 is 0 Å². The van der Waals surface area contributed by atoms with Gasteiger partial charge in [0.15, 0.2) is 0 Å². The number of amides is 2. The molecule has 1 aromatic heterocycles. The molecule has 32 heavy (non-hydrogen) atoms. The van der Waals surface area contributed by atoms with E-state index in [1.165, 1.54) is 5.56 Å². The molecule has 0 spiro atoms. The Labute approximate surface area is 190 Å². The molecule has 5 heteroatoms. The van der Waals surface area contributed by atoms with Gasteiger partial charge in [0.1, 0.15) is 0 Å². The van der Waals surface area contributed by atoms with Crippen molar-refractivity contribution < 1.29 is 9.59 Å². The number of benzene rings is 2. The Morgan fingerprint density at radius 1 is 0.969 bits per heavy atom. The number of aromatic nitrogens is 1. The number of aryl methyl sites for hydroxylation is 1. The second-order valence-electron chi connectivity index (χ2n) is 8.50. The number of nitrogens with zero attached hydrogens (tertiary/aromatic N) is 3. The molecule has 1 aliphatic heterocycles. The van der Waals surface area contributed by atoms with E-state index < -0.39 is 0 Å². The average molecular weight is 430 g/mol. The van der Waals surface area contributed by atoms with Gasteiger partial charge in [0.05, 0.1) is 19.0 Å². The first-order valence-electron chi connectivity index (χ1n) is 11.4. The fourth-order valence-corrected chi connectivity index (χ4v) is 4.45. The zero-order chi connectivity index (χ0) is 22.5. The van der Waals surface area contributed by atoms with E-state index >= 15 is 0 Å². The molecule has 2 aromatic carbocycles. The smallest absolute Gasteiger partial charge is 0.243 e. The number of rotatable bonds is 7. The number of carbonyl (C=O) groups is 2. The highest BCUT2D eigenvalue weighted by atomic mass is 16.2. The van der Waals surface area contributed by atoms with E-state index in [2.05, 4.69) is 48.0 Å². The summed E-state index contributed by atoms with van der Waals surface area (Å²) in [5.74, 6) is -0.00319. The Balaban J connectivity index is 1.55. The zero-order valence-electron chi connectivity index (χ0n) is 18.9. The zero-order valence-corrected chi connectivity index (χ0v) is 18.9. The summed E-state index contributed by atoms with van der Waals surface area (Å²) in [6, 6.07) is 22.1. The molecule has 166 valence electrons. The van der Waals surface area contributed by atoms with Crippen molar-refractivity contribution in [3.05, 3.63) is 95.3 Å². The van der Waals surface area contributed by atoms with Crippen molar-refractivity contribution in [2.24, 2.45) is 0 Å². The lowest BCUT2D eigenvalue weighted by Crippen LogP contribution is -2.48. The normalized spacial score (nSPS) is 15.3. The monoisotopic (exact) mass is 429 g/mol. The third kappa shape index (κ3) is 4.77. The van der Waals surface area contributed by atoms with E-state index in [0.29, 0.717) is 19.5 Å². The highest BCUT2D eigenvalue weighted by molar-refractivity contribution is 5.86. The van der Waals surface area contributed by atoms with Crippen LogP contribution in [-0.2, 0) is 22.6 Å². The second kappa shape index (κ2) is 9.86. The number of fused-ring (bicyclic) bond motifs is 1. The van der Waals surface area contributed by atoms with E-state index in [9.17, 15) is 9.59 Å². The summed E-state index contributed by atoms with van der Waals surface area (Å²) in [4.78, 5) is 30.2. The van der Waals surface area contributed by atoms with Crippen LogP contribution in [0.25, 0.3) is 0 Å². The first kappa shape index (κ1) is 21.9. The molecule has 1 unspecified atom stereocenters. The minimum Gasteiger partial charge on any atom is -0.348 e. The van der Waals surface area contributed by atoms with Crippen LogP contribution in [0.2, 0.25) is 0 Å². The van der Waals surface area contributed by atoms with E-state index in [1.54, 1.807) is 4.90 Å². The summed E-state index contributed by atoms with van der Waals surface area (Å²) in [5.41, 5.74) is 4.38. The first-order chi connectivity index (χ1) is 15.6. The van der Waals surface area contributed by atoms with Gasteiger partial charge >= 0.3 is 0 Å². The van der Waals surface area contributed by atoms with Crippen molar-refractivity contribution in [3.63, 3.8) is 0 Å². The fraction of sp³-hybridized carbons (Fsp3) is 0.333. The lowest BCUT2D eigenvalue weighted by molar-refractivity contribution is -0.141. The summed E-state index contributed by atoms with van der Waals surface area (Å²) >= 11 is 0. The van der Waals surface area contributed by atoms with E-state index in [4.69, 9.17) is 0 Å². The lowest BCUT2D eigenvalue weighted by atomic mass is 9.98. The molecule has 0 N–H and O–H groups in total. The first-order valence-corrected chi connectivity index (χ1v) is 11.4. The van der Waals surface area contributed by atoms with Crippen molar-refractivity contribution in [3.8, 4) is 0 Å². The Morgan fingerprint density at radius 3 is 2.44 bits per heavy atom. The van der Waals surface area contributed by atoms with Crippen molar-refractivity contribution >= 4 is 11.8 Å². The van der Waals surface area contributed by atoms with Crippen LogP contribution in [0.3, 0.4) is 0 Å². The Hall–Kier alpha value is -3.34. The van der Waals surface area contributed by atoms with Crippen LogP contribution < -0.4 is 0 Å². The number of hydrogen-bond donors (Lipinski definition) is 0. The van der Waals surface area contributed by atoms with E-state index in [1.807, 2.05) is 48.2 Å². The molecule has 3 aromatic rings. The molecule has 1 aliphatic rings.